The predicted molar refractivity (Wildman–Crippen MR) is 81.9 cm³/mol. The van der Waals surface area contributed by atoms with E-state index in [0.717, 1.165) is 0 Å². The van der Waals surface area contributed by atoms with Crippen molar-refractivity contribution in [2.45, 2.75) is 44.8 Å². The lowest BCUT2D eigenvalue weighted by atomic mass is 9.96. The number of nitrogens with one attached hydrogen (secondary N) is 1. The molecule has 0 aromatic heterocycles. The minimum Gasteiger partial charge on any atom is -0.352 e. The van der Waals surface area contributed by atoms with Gasteiger partial charge < -0.3 is 16.0 Å². The first-order chi connectivity index (χ1) is 10.1. The molecule has 22 heavy (non-hydrogen) atoms. The van der Waals surface area contributed by atoms with Gasteiger partial charge in [-0.05, 0) is 38.5 Å². The Bertz CT molecular complexity index is 615. The molecule has 0 aliphatic carbocycles. The fraction of sp³-hybridized carbons (Fsp3) is 0.467. The Labute approximate surface area is 133 Å². The lowest BCUT2D eigenvalue weighted by Crippen LogP contribution is -2.47. The highest BCUT2D eigenvalue weighted by Crippen LogP contribution is 2.39. The van der Waals surface area contributed by atoms with Crippen molar-refractivity contribution in [3.8, 4) is 0 Å². The summed E-state index contributed by atoms with van der Waals surface area (Å²) in [5, 5.41) is 2.59. The van der Waals surface area contributed by atoms with Crippen molar-refractivity contribution in [2.75, 3.05) is 0 Å². The second-order valence-corrected chi connectivity index (χ2v) is 6.78. The van der Waals surface area contributed by atoms with E-state index >= 15 is 0 Å². The molecular formula is C15H19ClFN3O2. The second-order valence-electron chi connectivity index (χ2n) is 6.37. The van der Waals surface area contributed by atoms with Crippen LogP contribution in [-0.4, -0.2) is 28.4 Å². The summed E-state index contributed by atoms with van der Waals surface area (Å²) in [6.07, 6.45) is 0.120. The van der Waals surface area contributed by atoms with E-state index in [4.69, 9.17) is 17.3 Å². The highest BCUT2D eigenvalue weighted by molar-refractivity contribution is 6.30. The highest BCUT2D eigenvalue weighted by Gasteiger charge is 2.46. The minimum absolute atomic E-state index is 0.00907. The van der Waals surface area contributed by atoms with E-state index in [9.17, 15) is 14.0 Å². The number of amides is 3. The maximum atomic E-state index is 13.8. The summed E-state index contributed by atoms with van der Waals surface area (Å²) in [6, 6.07) is 2.67. The van der Waals surface area contributed by atoms with Gasteiger partial charge >= 0.3 is 6.03 Å². The summed E-state index contributed by atoms with van der Waals surface area (Å²) < 4.78 is 13.8. The zero-order chi connectivity index (χ0) is 16.7. The van der Waals surface area contributed by atoms with Gasteiger partial charge in [-0.2, -0.15) is 0 Å². The molecule has 1 aliphatic rings. The van der Waals surface area contributed by atoms with E-state index in [0.29, 0.717) is 5.56 Å². The molecule has 2 rings (SSSR count). The third kappa shape index (κ3) is 3.16. The van der Waals surface area contributed by atoms with Gasteiger partial charge in [0.25, 0.3) is 0 Å². The summed E-state index contributed by atoms with van der Waals surface area (Å²) in [5.74, 6) is -0.684. The molecule has 3 amide bonds. The Morgan fingerprint density at radius 2 is 2.09 bits per heavy atom. The van der Waals surface area contributed by atoms with Crippen LogP contribution in [0.15, 0.2) is 18.2 Å². The molecule has 2 atom stereocenters. The lowest BCUT2D eigenvalue weighted by Gasteiger charge is -2.39. The Kier molecular flexibility index (Phi) is 4.33. The standard InChI is InChI=1S/C15H19ClFN3O2/c1-15(2,3)20-12(21)7-11(19-14(18)22)13(20)8-4-5-9(16)10(17)6-8/h4-6,11,13H,7H2,1-3H3,(H3,18,19,22). The number of rotatable bonds is 2. The van der Waals surface area contributed by atoms with Crippen LogP contribution in [0.25, 0.3) is 0 Å². The number of hydrogen-bond acceptors (Lipinski definition) is 2. The van der Waals surface area contributed by atoms with Crippen LogP contribution in [0.4, 0.5) is 9.18 Å². The minimum atomic E-state index is -0.715. The summed E-state index contributed by atoms with van der Waals surface area (Å²) in [6.45, 7) is 5.66. The van der Waals surface area contributed by atoms with Gasteiger partial charge in [-0.25, -0.2) is 9.18 Å². The third-order valence-corrected chi connectivity index (χ3v) is 3.96. The normalized spacial score (nSPS) is 22.0. The number of hydrogen-bond donors (Lipinski definition) is 2. The first-order valence-corrected chi connectivity index (χ1v) is 7.32. The number of halogens is 2. The molecule has 7 heteroatoms. The van der Waals surface area contributed by atoms with Crippen LogP contribution in [0.3, 0.4) is 0 Å². The van der Waals surface area contributed by atoms with Crippen molar-refractivity contribution >= 4 is 23.5 Å². The molecule has 2 unspecified atom stereocenters. The van der Waals surface area contributed by atoms with Crippen LogP contribution in [-0.2, 0) is 4.79 Å². The zero-order valence-electron chi connectivity index (χ0n) is 12.7. The van der Waals surface area contributed by atoms with Crippen LogP contribution >= 0.6 is 11.6 Å². The third-order valence-electron chi connectivity index (χ3n) is 3.66. The van der Waals surface area contributed by atoms with Crippen LogP contribution in [0.2, 0.25) is 5.02 Å². The van der Waals surface area contributed by atoms with Crippen LogP contribution in [0.1, 0.15) is 38.8 Å². The van der Waals surface area contributed by atoms with Crippen LogP contribution in [0, 0.1) is 5.82 Å². The van der Waals surface area contributed by atoms with E-state index in [-0.39, 0.29) is 17.4 Å². The predicted octanol–water partition coefficient (Wildman–Crippen LogP) is 2.59. The van der Waals surface area contributed by atoms with Crippen LogP contribution < -0.4 is 11.1 Å². The summed E-state index contributed by atoms with van der Waals surface area (Å²) in [7, 11) is 0. The maximum Gasteiger partial charge on any atom is 0.312 e. The Morgan fingerprint density at radius 1 is 1.45 bits per heavy atom. The number of nitrogens with zero attached hydrogens (tertiary/aromatic N) is 1. The average Bonchev–Trinajstić information content (AvgIpc) is 2.68. The zero-order valence-corrected chi connectivity index (χ0v) is 13.4. The maximum absolute atomic E-state index is 13.8. The first-order valence-electron chi connectivity index (χ1n) is 6.94. The number of carbonyl (C=O) groups excluding carboxylic acids is 2. The highest BCUT2D eigenvalue weighted by atomic mass is 35.5. The quantitative estimate of drug-likeness (QED) is 0.876. The lowest BCUT2D eigenvalue weighted by molar-refractivity contribution is -0.133. The van der Waals surface area contributed by atoms with Crippen LogP contribution in [0.5, 0.6) is 0 Å². The molecular weight excluding hydrogens is 309 g/mol. The Hall–Kier alpha value is -1.82. The molecule has 3 N–H and O–H groups in total. The molecule has 1 saturated heterocycles. The molecule has 0 radical (unpaired) electrons. The number of benzene rings is 1. The number of carbonyl (C=O) groups is 2. The number of nitrogens with two attached hydrogens (primary N) is 1. The van der Waals surface area contributed by atoms with Crippen molar-refractivity contribution in [1.29, 1.82) is 0 Å². The fourth-order valence-corrected chi connectivity index (χ4v) is 3.03. The molecule has 1 fully saturated rings. The molecule has 1 heterocycles. The van der Waals surface area contributed by atoms with E-state index < -0.39 is 29.5 Å². The van der Waals surface area contributed by atoms with Gasteiger partial charge in [0.15, 0.2) is 0 Å². The SMILES string of the molecule is CC(C)(C)N1C(=O)CC(NC(N)=O)C1c1ccc(Cl)c(F)c1. The van der Waals surface area contributed by atoms with Crippen molar-refractivity contribution in [3.05, 3.63) is 34.6 Å². The monoisotopic (exact) mass is 327 g/mol. The van der Waals surface area contributed by atoms with Gasteiger partial charge in [0.1, 0.15) is 5.82 Å². The van der Waals surface area contributed by atoms with Gasteiger partial charge in [0.05, 0.1) is 17.1 Å². The molecule has 0 spiro atoms. The molecule has 0 saturated carbocycles. The van der Waals surface area contributed by atoms with Crippen molar-refractivity contribution in [2.24, 2.45) is 5.73 Å². The van der Waals surface area contributed by atoms with Gasteiger partial charge in [-0.3, -0.25) is 4.79 Å². The van der Waals surface area contributed by atoms with Crippen molar-refractivity contribution in [1.82, 2.24) is 10.2 Å². The first kappa shape index (κ1) is 16.5. The van der Waals surface area contributed by atoms with E-state index in [1.165, 1.54) is 12.1 Å². The molecule has 5 nitrogen and oxygen atoms in total. The fourth-order valence-electron chi connectivity index (χ4n) is 2.91. The second kappa shape index (κ2) is 5.76. The smallest absolute Gasteiger partial charge is 0.312 e. The molecule has 0 bridgehead atoms. The van der Waals surface area contributed by atoms with Gasteiger partial charge in [0.2, 0.25) is 5.91 Å². The van der Waals surface area contributed by atoms with E-state index in [1.54, 1.807) is 11.0 Å². The number of primary amides is 1. The summed E-state index contributed by atoms with van der Waals surface area (Å²) in [4.78, 5) is 25.2. The van der Waals surface area contributed by atoms with Crippen molar-refractivity contribution < 1.29 is 14.0 Å². The Balaban J connectivity index is 2.48. The number of likely N-dealkylation sites (tertiary alicyclic amines) is 1. The van der Waals surface area contributed by atoms with Gasteiger partial charge in [-0.1, -0.05) is 17.7 Å². The van der Waals surface area contributed by atoms with E-state index in [1.807, 2.05) is 20.8 Å². The molecule has 120 valence electrons. The largest absolute Gasteiger partial charge is 0.352 e. The average molecular weight is 328 g/mol. The van der Waals surface area contributed by atoms with Gasteiger partial charge in [-0.15, -0.1) is 0 Å². The Morgan fingerprint density at radius 3 is 2.59 bits per heavy atom. The topological polar surface area (TPSA) is 75.4 Å². The molecule has 1 aromatic carbocycles. The van der Waals surface area contributed by atoms with Crippen molar-refractivity contribution in [3.63, 3.8) is 0 Å². The van der Waals surface area contributed by atoms with Gasteiger partial charge in [0, 0.05) is 12.0 Å². The molecule has 1 aliphatic heterocycles. The number of urea groups is 1. The summed E-state index contributed by atoms with van der Waals surface area (Å²) >= 11 is 5.72. The van der Waals surface area contributed by atoms with E-state index in [2.05, 4.69) is 5.32 Å². The summed E-state index contributed by atoms with van der Waals surface area (Å²) in [5.41, 5.74) is 5.28. The molecule has 1 aromatic rings.